The van der Waals surface area contributed by atoms with Crippen molar-refractivity contribution in [2.75, 3.05) is 18.1 Å². The Balaban J connectivity index is 2.61. The highest BCUT2D eigenvalue weighted by Crippen LogP contribution is 2.19. The monoisotopic (exact) mass is 410 g/mol. The zero-order valence-electron chi connectivity index (χ0n) is 16.5. The maximum atomic E-state index is 12.7. The van der Waals surface area contributed by atoms with Crippen LogP contribution in [0.2, 0.25) is 0 Å². The minimum absolute atomic E-state index is 0.0124. The normalized spacial score (nSPS) is 11.9. The van der Waals surface area contributed by atoms with Gasteiger partial charge in [0.05, 0.1) is 16.7 Å². The van der Waals surface area contributed by atoms with E-state index in [0.717, 1.165) is 0 Å². The van der Waals surface area contributed by atoms with Crippen molar-refractivity contribution in [3.8, 4) is 0 Å². The number of carbonyl (C=O) groups is 1. The fourth-order valence-corrected chi connectivity index (χ4v) is 3.46. The Morgan fingerprint density at radius 2 is 1.96 bits per heavy atom. The number of fused-ring (bicyclic) bond motifs is 1. The molecule has 0 aliphatic carbocycles. The first-order valence-corrected chi connectivity index (χ1v) is 11.1. The number of amides is 1. The molecular weight excluding hydrogens is 384 g/mol. The summed E-state index contributed by atoms with van der Waals surface area (Å²) in [6.45, 7) is 7.48. The average molecular weight is 410 g/mol. The molecule has 28 heavy (non-hydrogen) atoms. The van der Waals surface area contributed by atoms with Crippen molar-refractivity contribution in [2.45, 2.75) is 46.6 Å². The van der Waals surface area contributed by atoms with Crippen LogP contribution in [0.5, 0.6) is 0 Å². The Labute approximate surface area is 163 Å². The van der Waals surface area contributed by atoms with Gasteiger partial charge in [-0.25, -0.2) is 18.2 Å². The average Bonchev–Trinajstić information content (AvgIpc) is 2.63. The molecule has 9 nitrogen and oxygen atoms in total. The van der Waals surface area contributed by atoms with Gasteiger partial charge in [0.25, 0.3) is 11.5 Å². The fraction of sp³-hybridized carbons (Fsp3) is 0.556. The lowest BCUT2D eigenvalue weighted by atomic mass is 10.0. The molecule has 0 atom stereocenters. The van der Waals surface area contributed by atoms with Crippen LogP contribution >= 0.6 is 0 Å². The Morgan fingerprint density at radius 3 is 2.54 bits per heavy atom. The number of aryl methyl sites for hydroxylation is 1. The van der Waals surface area contributed by atoms with E-state index in [-0.39, 0.29) is 40.6 Å². The molecule has 0 aromatic carbocycles. The number of hydrogen-bond donors (Lipinski definition) is 2. The third-order valence-corrected chi connectivity index (χ3v) is 6.10. The van der Waals surface area contributed by atoms with E-state index in [0.29, 0.717) is 18.7 Å². The van der Waals surface area contributed by atoms with Crippen LogP contribution in [0.4, 0.5) is 0 Å². The summed E-state index contributed by atoms with van der Waals surface area (Å²) in [6, 6.07) is 1.52. The Hall–Kier alpha value is -2.49. The molecule has 2 aromatic heterocycles. The van der Waals surface area contributed by atoms with Crippen molar-refractivity contribution in [1.82, 2.24) is 19.9 Å². The minimum Gasteiger partial charge on any atom is -0.351 e. The maximum Gasteiger partial charge on any atom is 0.329 e. The lowest BCUT2D eigenvalue weighted by molar-refractivity contribution is 0.0957. The molecular formula is C18H26N4O5S. The molecule has 2 N–H and O–H groups in total. The molecule has 0 fully saturated rings. The van der Waals surface area contributed by atoms with E-state index in [1.807, 2.05) is 20.8 Å². The van der Waals surface area contributed by atoms with Gasteiger partial charge in [-0.05, 0) is 18.4 Å². The number of H-pyrrole nitrogens is 1. The smallest absolute Gasteiger partial charge is 0.329 e. The van der Waals surface area contributed by atoms with Crippen molar-refractivity contribution in [2.24, 2.45) is 0 Å². The molecule has 0 unspecified atom stereocenters. The summed E-state index contributed by atoms with van der Waals surface area (Å²) in [5, 5.41) is 2.58. The van der Waals surface area contributed by atoms with E-state index in [9.17, 15) is 22.8 Å². The van der Waals surface area contributed by atoms with E-state index < -0.39 is 27.0 Å². The molecule has 1 amide bonds. The van der Waals surface area contributed by atoms with Gasteiger partial charge in [0.2, 0.25) is 0 Å². The number of sulfone groups is 1. The molecule has 2 rings (SSSR count). The highest BCUT2D eigenvalue weighted by atomic mass is 32.2. The van der Waals surface area contributed by atoms with Gasteiger partial charge >= 0.3 is 5.69 Å². The summed E-state index contributed by atoms with van der Waals surface area (Å²) in [5.74, 6) is -0.818. The first kappa shape index (κ1) is 21.8. The van der Waals surface area contributed by atoms with Gasteiger partial charge in [-0.2, -0.15) is 0 Å². The standard InChI is InChI=1S/C18H26N4O5S/c1-5-8-22-15-14(17(24)21-18(22)25)12(10-13(20-15)11(3)4)16(23)19-7-9-28(26,27)6-2/h10-11H,5-9H2,1-4H3,(H,19,23)(H,21,24,25). The minimum atomic E-state index is -3.23. The fourth-order valence-electron chi connectivity index (χ4n) is 2.76. The summed E-state index contributed by atoms with van der Waals surface area (Å²) in [7, 11) is -3.23. The Kier molecular flexibility index (Phi) is 6.76. The van der Waals surface area contributed by atoms with Gasteiger partial charge in [-0.1, -0.05) is 27.7 Å². The first-order valence-electron chi connectivity index (χ1n) is 9.27. The SMILES string of the molecule is CCCn1c(=O)[nH]c(=O)c2c(C(=O)NCCS(=O)(=O)CC)cc(C(C)C)nc21. The summed E-state index contributed by atoms with van der Waals surface area (Å²) < 4.78 is 24.6. The second-order valence-corrected chi connectivity index (χ2v) is 9.32. The number of rotatable bonds is 8. The number of aromatic amines is 1. The first-order chi connectivity index (χ1) is 13.1. The largest absolute Gasteiger partial charge is 0.351 e. The van der Waals surface area contributed by atoms with E-state index in [4.69, 9.17) is 0 Å². The predicted molar refractivity (Wildman–Crippen MR) is 108 cm³/mol. The number of carbonyl (C=O) groups excluding carboxylic acids is 1. The van der Waals surface area contributed by atoms with E-state index in [1.54, 1.807) is 0 Å². The topological polar surface area (TPSA) is 131 Å². The Bertz CT molecular complexity index is 1100. The van der Waals surface area contributed by atoms with Crippen LogP contribution in [0.25, 0.3) is 11.0 Å². The highest BCUT2D eigenvalue weighted by molar-refractivity contribution is 7.91. The molecule has 2 aromatic rings. The lowest BCUT2D eigenvalue weighted by Gasteiger charge is -2.14. The summed E-state index contributed by atoms with van der Waals surface area (Å²) in [4.78, 5) is 44.1. The van der Waals surface area contributed by atoms with Gasteiger partial charge in [0.15, 0.2) is 15.5 Å². The highest BCUT2D eigenvalue weighted by Gasteiger charge is 2.20. The van der Waals surface area contributed by atoms with Crippen LogP contribution in [0.15, 0.2) is 15.7 Å². The van der Waals surface area contributed by atoms with Crippen molar-refractivity contribution in [3.63, 3.8) is 0 Å². The van der Waals surface area contributed by atoms with Crippen LogP contribution in [0, 0.1) is 0 Å². The van der Waals surface area contributed by atoms with Crippen LogP contribution < -0.4 is 16.6 Å². The van der Waals surface area contributed by atoms with E-state index in [1.165, 1.54) is 17.6 Å². The number of nitrogens with zero attached hydrogens (tertiary/aromatic N) is 2. The number of hydrogen-bond acceptors (Lipinski definition) is 6. The van der Waals surface area contributed by atoms with Crippen molar-refractivity contribution in [3.05, 3.63) is 38.2 Å². The quantitative estimate of drug-likeness (QED) is 0.661. The van der Waals surface area contributed by atoms with Gasteiger partial charge < -0.3 is 5.32 Å². The van der Waals surface area contributed by atoms with Crippen LogP contribution in [0.3, 0.4) is 0 Å². The molecule has 0 aliphatic rings. The van der Waals surface area contributed by atoms with Crippen molar-refractivity contribution < 1.29 is 13.2 Å². The summed E-state index contributed by atoms with van der Waals surface area (Å²) in [5.41, 5.74) is -0.467. The summed E-state index contributed by atoms with van der Waals surface area (Å²) >= 11 is 0. The van der Waals surface area contributed by atoms with Gasteiger partial charge in [-0.3, -0.25) is 19.1 Å². The van der Waals surface area contributed by atoms with Crippen LogP contribution in [0.1, 0.15) is 56.1 Å². The third-order valence-electron chi connectivity index (χ3n) is 4.39. The molecule has 0 spiro atoms. The third kappa shape index (κ3) is 4.67. The number of aromatic nitrogens is 3. The van der Waals surface area contributed by atoms with Crippen molar-refractivity contribution in [1.29, 1.82) is 0 Å². The van der Waals surface area contributed by atoms with Gasteiger partial charge in [0.1, 0.15) is 0 Å². The second kappa shape index (κ2) is 8.68. The number of pyridine rings is 1. The molecule has 10 heteroatoms. The van der Waals surface area contributed by atoms with E-state index in [2.05, 4.69) is 15.3 Å². The molecule has 0 saturated carbocycles. The van der Waals surface area contributed by atoms with Crippen LogP contribution in [-0.2, 0) is 16.4 Å². The second-order valence-electron chi connectivity index (χ2n) is 6.85. The lowest BCUT2D eigenvalue weighted by Crippen LogP contribution is -2.34. The maximum absolute atomic E-state index is 12.7. The number of nitrogens with one attached hydrogen (secondary N) is 2. The summed E-state index contributed by atoms with van der Waals surface area (Å²) in [6.07, 6.45) is 0.644. The molecule has 0 aliphatic heterocycles. The molecule has 0 bridgehead atoms. The Morgan fingerprint density at radius 1 is 1.29 bits per heavy atom. The van der Waals surface area contributed by atoms with Crippen LogP contribution in [-0.4, -0.2) is 46.9 Å². The molecule has 0 saturated heterocycles. The van der Waals surface area contributed by atoms with E-state index >= 15 is 0 Å². The van der Waals surface area contributed by atoms with Gasteiger partial charge in [-0.15, -0.1) is 0 Å². The van der Waals surface area contributed by atoms with Gasteiger partial charge in [0, 0.05) is 24.5 Å². The zero-order valence-corrected chi connectivity index (χ0v) is 17.4. The molecule has 0 radical (unpaired) electrons. The predicted octanol–water partition coefficient (Wildman–Crippen LogP) is 0.783. The zero-order chi connectivity index (χ0) is 21.1. The molecule has 2 heterocycles. The van der Waals surface area contributed by atoms with Crippen molar-refractivity contribution >= 4 is 26.8 Å². The molecule has 154 valence electrons.